The van der Waals surface area contributed by atoms with Gasteiger partial charge in [-0.05, 0) is 65.5 Å². The number of carbonyl (C=O) groups excluding carboxylic acids is 1. The first-order valence-electron chi connectivity index (χ1n) is 14.4. The van der Waals surface area contributed by atoms with E-state index in [2.05, 4.69) is 93.4 Å². The highest BCUT2D eigenvalue weighted by Gasteiger charge is 2.59. The van der Waals surface area contributed by atoms with Crippen molar-refractivity contribution in [2.75, 3.05) is 20.4 Å². The molecule has 7 rings (SSSR count). The molecule has 1 saturated carbocycles. The summed E-state index contributed by atoms with van der Waals surface area (Å²) >= 11 is 0. The maximum absolute atomic E-state index is 13.6. The van der Waals surface area contributed by atoms with Crippen LogP contribution in [0.25, 0.3) is 0 Å². The standard InChI is InChI=1S/C33H37NO5Si/c1-33(2,3)40(22-11-7-5-8-12-22,23-13-9-6-10-14-23)39-28-17-21-15-16-34(4)30(21)29-24-18-26-27(37-20-36-26)19-25(24)32(35)38-31(28)29/h5-14,18-19,21,28-31H,15-17,20H2,1-4H3/t21-,28-,29+,30-,31-/m0/s1. The van der Waals surface area contributed by atoms with E-state index in [9.17, 15) is 4.79 Å². The zero-order chi connectivity index (χ0) is 27.6. The van der Waals surface area contributed by atoms with Crippen LogP contribution in [0.3, 0.4) is 0 Å². The lowest BCUT2D eigenvalue weighted by Crippen LogP contribution is -2.70. The lowest BCUT2D eigenvalue weighted by molar-refractivity contribution is -0.0715. The lowest BCUT2D eigenvalue weighted by Gasteiger charge is -2.52. The van der Waals surface area contributed by atoms with Gasteiger partial charge in [-0.25, -0.2) is 4.79 Å². The quantitative estimate of drug-likeness (QED) is 0.344. The van der Waals surface area contributed by atoms with Crippen LogP contribution in [0, 0.1) is 5.92 Å². The van der Waals surface area contributed by atoms with Crippen LogP contribution < -0.4 is 19.8 Å². The third-order valence-corrected chi connectivity index (χ3v) is 14.6. The largest absolute Gasteiger partial charge is 0.455 e. The number of esters is 1. The molecule has 6 nitrogen and oxygen atoms in total. The van der Waals surface area contributed by atoms with E-state index in [1.165, 1.54) is 10.4 Å². The highest BCUT2D eigenvalue weighted by atomic mass is 28.4. The molecule has 7 heteroatoms. The Morgan fingerprint density at radius 1 is 0.925 bits per heavy atom. The maximum Gasteiger partial charge on any atom is 0.338 e. The third kappa shape index (κ3) is 3.85. The molecule has 0 unspecified atom stereocenters. The Labute approximate surface area is 237 Å². The number of nitrogens with zero attached hydrogens (tertiary/aromatic N) is 1. The fraction of sp³-hybridized carbons (Fsp3) is 0.424. The van der Waals surface area contributed by atoms with Crippen molar-refractivity contribution in [3.05, 3.63) is 83.9 Å². The van der Waals surface area contributed by atoms with Gasteiger partial charge in [0, 0.05) is 12.0 Å². The Hall–Kier alpha value is -3.13. The van der Waals surface area contributed by atoms with E-state index in [1.54, 1.807) is 0 Å². The van der Waals surface area contributed by atoms with Gasteiger partial charge in [-0.15, -0.1) is 0 Å². The number of ether oxygens (including phenoxy) is 3. The van der Waals surface area contributed by atoms with Crippen LogP contribution in [0.1, 0.15) is 55.5 Å². The zero-order valence-corrected chi connectivity index (χ0v) is 24.6. The van der Waals surface area contributed by atoms with Crippen LogP contribution in [0.15, 0.2) is 72.8 Å². The van der Waals surface area contributed by atoms with E-state index in [0.29, 0.717) is 23.0 Å². The summed E-state index contributed by atoms with van der Waals surface area (Å²) in [5, 5.41) is 2.31. The Bertz CT molecular complexity index is 1380. The van der Waals surface area contributed by atoms with Gasteiger partial charge in [-0.1, -0.05) is 81.4 Å². The summed E-state index contributed by atoms with van der Waals surface area (Å²) in [7, 11) is -0.651. The second-order valence-corrected chi connectivity index (χ2v) is 17.0. The average molecular weight is 556 g/mol. The van der Waals surface area contributed by atoms with Crippen LogP contribution >= 0.6 is 0 Å². The maximum atomic E-state index is 13.6. The fourth-order valence-electron chi connectivity index (χ4n) is 7.87. The number of hydrogen-bond donors (Lipinski definition) is 0. The summed E-state index contributed by atoms with van der Waals surface area (Å²) in [5.41, 5.74) is 1.60. The Kier molecular flexibility index (Phi) is 6.11. The molecule has 0 N–H and O–H groups in total. The molecule has 0 aromatic heterocycles. The van der Waals surface area contributed by atoms with Gasteiger partial charge in [0.1, 0.15) is 6.10 Å². The molecule has 3 aromatic rings. The second-order valence-electron chi connectivity index (χ2n) is 12.8. The molecule has 1 aliphatic carbocycles. The molecule has 5 atom stereocenters. The van der Waals surface area contributed by atoms with E-state index in [-0.39, 0.29) is 42.0 Å². The van der Waals surface area contributed by atoms with Crippen molar-refractivity contribution in [3.63, 3.8) is 0 Å². The van der Waals surface area contributed by atoms with Gasteiger partial charge >= 0.3 is 5.97 Å². The summed E-state index contributed by atoms with van der Waals surface area (Å²) in [6.45, 7) is 8.10. The molecule has 3 heterocycles. The molecule has 1 saturated heterocycles. The molecular weight excluding hydrogens is 518 g/mol. The normalized spacial score (nSPS) is 27.5. The van der Waals surface area contributed by atoms with Gasteiger partial charge < -0.3 is 23.5 Å². The predicted octanol–water partition coefficient (Wildman–Crippen LogP) is 4.71. The van der Waals surface area contributed by atoms with Crippen LogP contribution in [-0.4, -0.2) is 57.8 Å². The van der Waals surface area contributed by atoms with Crippen molar-refractivity contribution in [3.8, 4) is 11.5 Å². The van der Waals surface area contributed by atoms with Crippen LogP contribution in [0.5, 0.6) is 11.5 Å². The number of rotatable bonds is 4. The summed E-state index contributed by atoms with van der Waals surface area (Å²) < 4.78 is 25.5. The van der Waals surface area contributed by atoms with Crippen molar-refractivity contribution in [1.82, 2.24) is 4.90 Å². The Balaban J connectivity index is 1.38. The molecule has 0 bridgehead atoms. The van der Waals surface area contributed by atoms with E-state index in [4.69, 9.17) is 18.6 Å². The Morgan fingerprint density at radius 2 is 1.55 bits per heavy atom. The van der Waals surface area contributed by atoms with Crippen LogP contribution in [0.4, 0.5) is 0 Å². The van der Waals surface area contributed by atoms with Crippen molar-refractivity contribution < 1.29 is 23.4 Å². The first kappa shape index (κ1) is 25.8. The van der Waals surface area contributed by atoms with Crippen molar-refractivity contribution in [2.24, 2.45) is 5.92 Å². The minimum Gasteiger partial charge on any atom is -0.455 e. The summed E-state index contributed by atoms with van der Waals surface area (Å²) in [5.74, 6) is 1.46. The Morgan fingerprint density at radius 3 is 2.17 bits per heavy atom. The van der Waals surface area contributed by atoms with Gasteiger partial charge in [0.2, 0.25) is 6.79 Å². The molecule has 0 spiro atoms. The minimum absolute atomic E-state index is 0.00309. The van der Waals surface area contributed by atoms with Crippen LogP contribution in [-0.2, 0) is 9.16 Å². The fourth-order valence-corrected chi connectivity index (χ4v) is 12.6. The molecule has 0 amide bonds. The minimum atomic E-state index is -2.85. The lowest BCUT2D eigenvalue weighted by atomic mass is 9.69. The third-order valence-electron chi connectivity index (χ3n) is 9.58. The first-order chi connectivity index (χ1) is 19.3. The van der Waals surface area contributed by atoms with E-state index in [0.717, 1.165) is 24.9 Å². The van der Waals surface area contributed by atoms with Crippen molar-refractivity contribution in [1.29, 1.82) is 0 Å². The zero-order valence-electron chi connectivity index (χ0n) is 23.6. The van der Waals surface area contributed by atoms with Crippen LogP contribution in [0.2, 0.25) is 5.04 Å². The molecular formula is C33H37NO5Si. The van der Waals surface area contributed by atoms with Gasteiger partial charge in [0.25, 0.3) is 8.32 Å². The molecule has 2 fully saturated rings. The number of likely N-dealkylation sites (tertiary alicyclic amines) is 1. The number of likely N-dealkylation sites (N-methyl/N-ethyl adjacent to an activating group) is 1. The summed E-state index contributed by atoms with van der Waals surface area (Å²) in [4.78, 5) is 16.0. The first-order valence-corrected chi connectivity index (χ1v) is 16.3. The van der Waals surface area contributed by atoms with Gasteiger partial charge in [0.05, 0.1) is 11.7 Å². The topological polar surface area (TPSA) is 57.2 Å². The highest BCUT2D eigenvalue weighted by molar-refractivity contribution is 6.99. The molecule has 208 valence electrons. The molecule has 3 aliphatic heterocycles. The molecule has 3 aromatic carbocycles. The van der Waals surface area contributed by atoms with E-state index >= 15 is 0 Å². The molecule has 4 aliphatic rings. The smallest absolute Gasteiger partial charge is 0.338 e. The highest BCUT2D eigenvalue weighted by Crippen LogP contribution is 2.52. The van der Waals surface area contributed by atoms with E-state index in [1.807, 2.05) is 12.1 Å². The average Bonchev–Trinajstić information content (AvgIpc) is 3.57. The van der Waals surface area contributed by atoms with Gasteiger partial charge in [0.15, 0.2) is 11.5 Å². The van der Waals surface area contributed by atoms with Crippen molar-refractivity contribution in [2.45, 2.75) is 62.8 Å². The SMILES string of the molecule is CN1CC[C@H]2C[C@H](O[Si](c3ccccc3)(c3ccccc3)C(C)(C)C)[C@@H]3OC(=O)c4cc5c(cc4[C@@H]3[C@H]21)OCO5. The summed E-state index contributed by atoms with van der Waals surface area (Å²) in [6.07, 6.45) is 1.36. The summed E-state index contributed by atoms with van der Waals surface area (Å²) in [6, 6.07) is 25.6. The second kappa shape index (κ2) is 9.47. The van der Waals surface area contributed by atoms with Crippen molar-refractivity contribution >= 4 is 24.7 Å². The predicted molar refractivity (Wildman–Crippen MR) is 156 cm³/mol. The number of benzene rings is 3. The van der Waals surface area contributed by atoms with Gasteiger partial charge in [-0.2, -0.15) is 0 Å². The molecule has 40 heavy (non-hydrogen) atoms. The number of fused-ring (bicyclic) bond motifs is 6. The number of hydrogen-bond acceptors (Lipinski definition) is 6. The van der Waals surface area contributed by atoms with Gasteiger partial charge in [-0.3, -0.25) is 0 Å². The van der Waals surface area contributed by atoms with E-state index < -0.39 is 8.32 Å². The monoisotopic (exact) mass is 555 g/mol. The molecule has 0 radical (unpaired) electrons. The number of carbonyl (C=O) groups is 1.